The summed E-state index contributed by atoms with van der Waals surface area (Å²) in [5.74, 6) is 8.87. The van der Waals surface area contributed by atoms with Gasteiger partial charge < -0.3 is 5.43 Å². The van der Waals surface area contributed by atoms with Crippen molar-refractivity contribution in [3.63, 3.8) is 0 Å². The smallest absolute Gasteiger partial charge is 0.117 e. The fourth-order valence-electron chi connectivity index (χ4n) is 5.71. The minimum atomic E-state index is 0.316. The quantitative estimate of drug-likeness (QED) is 0.341. The molecule has 5 saturated carbocycles. The number of aliphatic imine (C=N–C) groups is 1. The minimum Gasteiger partial charge on any atom is -0.312 e. The molecule has 100 valence electrons. The summed E-state index contributed by atoms with van der Waals surface area (Å²) < 4.78 is 0. The molecule has 5 aliphatic rings. The molecule has 5 aliphatic carbocycles. The number of nitrogens with two attached hydrogens (primary N) is 1. The van der Waals surface area contributed by atoms with Gasteiger partial charge in [-0.1, -0.05) is 6.92 Å². The van der Waals surface area contributed by atoms with Gasteiger partial charge in [0.2, 0.25) is 0 Å². The van der Waals surface area contributed by atoms with E-state index in [1.807, 2.05) is 0 Å². The van der Waals surface area contributed by atoms with Gasteiger partial charge in [-0.2, -0.15) is 0 Å². The number of rotatable bonds is 2. The topological polar surface area (TPSA) is 50.4 Å². The van der Waals surface area contributed by atoms with E-state index in [1.54, 1.807) is 0 Å². The van der Waals surface area contributed by atoms with Gasteiger partial charge in [-0.25, -0.2) is 5.84 Å². The van der Waals surface area contributed by atoms with Crippen LogP contribution >= 0.6 is 0 Å². The van der Waals surface area contributed by atoms with E-state index in [-0.39, 0.29) is 0 Å². The minimum absolute atomic E-state index is 0.316. The molecule has 0 aromatic heterocycles. The maximum Gasteiger partial charge on any atom is 0.117 e. The molecule has 3 nitrogen and oxygen atoms in total. The molecular weight excluding hydrogens is 222 g/mol. The molecule has 0 aliphatic heterocycles. The Labute approximate surface area is 110 Å². The summed E-state index contributed by atoms with van der Waals surface area (Å²) >= 11 is 0. The van der Waals surface area contributed by atoms with Gasteiger partial charge in [0.25, 0.3) is 0 Å². The fraction of sp³-hybridized carbons (Fsp3) is 0.933. The van der Waals surface area contributed by atoms with E-state index in [1.165, 1.54) is 51.4 Å². The second-order valence-corrected chi connectivity index (χ2v) is 7.91. The van der Waals surface area contributed by atoms with E-state index in [9.17, 15) is 0 Å². The Balaban J connectivity index is 1.69. The molecule has 2 atom stereocenters. The van der Waals surface area contributed by atoms with Crippen LogP contribution < -0.4 is 11.3 Å². The third kappa shape index (κ3) is 1.63. The van der Waals surface area contributed by atoms with Crippen LogP contribution in [0, 0.1) is 22.7 Å². The van der Waals surface area contributed by atoms with E-state index in [0.717, 1.165) is 17.7 Å². The van der Waals surface area contributed by atoms with Crippen LogP contribution in [0.25, 0.3) is 0 Å². The summed E-state index contributed by atoms with van der Waals surface area (Å²) in [4.78, 5) is 4.91. The first kappa shape index (κ1) is 11.3. The molecule has 5 fully saturated rings. The van der Waals surface area contributed by atoms with Crippen molar-refractivity contribution >= 4 is 5.84 Å². The van der Waals surface area contributed by atoms with Crippen molar-refractivity contribution in [3.8, 4) is 0 Å². The monoisotopic (exact) mass is 247 g/mol. The summed E-state index contributed by atoms with van der Waals surface area (Å²) in [7, 11) is 0. The molecule has 0 amide bonds. The van der Waals surface area contributed by atoms with Crippen LogP contribution in [0.15, 0.2) is 4.99 Å². The van der Waals surface area contributed by atoms with Crippen molar-refractivity contribution in [1.82, 2.24) is 5.43 Å². The molecule has 0 heterocycles. The zero-order valence-electron chi connectivity index (χ0n) is 11.4. The van der Waals surface area contributed by atoms with Crippen LogP contribution in [0.1, 0.15) is 58.3 Å². The number of nitrogens with one attached hydrogen (secondary N) is 1. The molecule has 4 bridgehead atoms. The average Bonchev–Trinajstić information content (AvgIpc) is 3.05. The van der Waals surface area contributed by atoms with E-state index >= 15 is 0 Å². The van der Waals surface area contributed by atoms with Gasteiger partial charge >= 0.3 is 0 Å². The van der Waals surface area contributed by atoms with Gasteiger partial charge in [0.1, 0.15) is 5.84 Å². The Morgan fingerprint density at radius 3 is 2.33 bits per heavy atom. The summed E-state index contributed by atoms with van der Waals surface area (Å²) in [6, 6.07) is 0.580. The number of hydrogen-bond acceptors (Lipinski definition) is 2. The fourth-order valence-corrected chi connectivity index (χ4v) is 5.71. The summed E-state index contributed by atoms with van der Waals surface area (Å²) in [5, 5.41) is 0. The third-order valence-electron chi connectivity index (χ3n) is 5.85. The number of hydrogen-bond donors (Lipinski definition) is 2. The third-order valence-corrected chi connectivity index (χ3v) is 5.85. The lowest BCUT2D eigenvalue weighted by atomic mass is 9.44. The first-order valence-electron chi connectivity index (χ1n) is 7.66. The second kappa shape index (κ2) is 3.50. The van der Waals surface area contributed by atoms with Crippen LogP contribution in [-0.4, -0.2) is 11.9 Å². The Bertz CT molecular complexity index is 383. The second-order valence-electron chi connectivity index (χ2n) is 7.91. The zero-order chi connectivity index (χ0) is 12.4. The van der Waals surface area contributed by atoms with E-state index in [0.29, 0.717) is 16.9 Å². The molecule has 2 unspecified atom stereocenters. The lowest BCUT2D eigenvalue weighted by Gasteiger charge is -2.61. The first-order chi connectivity index (χ1) is 8.61. The van der Waals surface area contributed by atoms with Crippen LogP contribution in [0.5, 0.6) is 0 Å². The Morgan fingerprint density at radius 1 is 1.17 bits per heavy atom. The number of hydrazine groups is 1. The molecule has 5 rings (SSSR count). The van der Waals surface area contributed by atoms with Crippen molar-refractivity contribution < 1.29 is 0 Å². The Kier molecular flexibility index (Phi) is 2.19. The number of amidine groups is 1. The van der Waals surface area contributed by atoms with Gasteiger partial charge in [0, 0.05) is 5.41 Å². The average molecular weight is 247 g/mol. The Hall–Kier alpha value is -0.570. The molecule has 0 spiro atoms. The standard InChI is InChI=1S/C15H25N3/c1-14-5-10-4-11(6-14)8-15(7-10,9-14)13(18-16)17-12-2-3-12/h10-12H,2-9,16H2,1H3,(H,17,18). The maximum atomic E-state index is 5.83. The van der Waals surface area contributed by atoms with Crippen LogP contribution in [0.4, 0.5) is 0 Å². The molecule has 0 saturated heterocycles. The molecule has 0 radical (unpaired) electrons. The molecule has 3 N–H and O–H groups in total. The van der Waals surface area contributed by atoms with Crippen molar-refractivity contribution in [2.45, 2.75) is 64.3 Å². The zero-order valence-corrected chi connectivity index (χ0v) is 11.4. The first-order valence-corrected chi connectivity index (χ1v) is 7.66. The highest BCUT2D eigenvalue weighted by molar-refractivity contribution is 5.88. The lowest BCUT2D eigenvalue weighted by Crippen LogP contribution is -2.57. The summed E-state index contributed by atoms with van der Waals surface area (Å²) in [6.45, 7) is 2.50. The SMILES string of the molecule is CC12CC3CC(C1)CC(C(=NC1CC1)NN)(C3)C2. The summed E-state index contributed by atoms with van der Waals surface area (Å²) in [6.07, 6.45) is 10.9. The lowest BCUT2D eigenvalue weighted by molar-refractivity contribution is -0.0695. The molecule has 0 aromatic rings. The predicted molar refractivity (Wildman–Crippen MR) is 73.0 cm³/mol. The van der Waals surface area contributed by atoms with Gasteiger partial charge in [-0.15, -0.1) is 0 Å². The van der Waals surface area contributed by atoms with Crippen molar-refractivity contribution in [3.05, 3.63) is 0 Å². The molecule has 0 aromatic carbocycles. The van der Waals surface area contributed by atoms with E-state index in [2.05, 4.69) is 12.3 Å². The largest absolute Gasteiger partial charge is 0.312 e. The van der Waals surface area contributed by atoms with Crippen molar-refractivity contribution in [2.75, 3.05) is 0 Å². The van der Waals surface area contributed by atoms with Crippen molar-refractivity contribution in [1.29, 1.82) is 0 Å². The van der Waals surface area contributed by atoms with E-state index in [4.69, 9.17) is 10.8 Å². The van der Waals surface area contributed by atoms with Crippen molar-refractivity contribution in [2.24, 2.45) is 33.5 Å². The Morgan fingerprint density at radius 2 is 1.83 bits per heavy atom. The highest BCUT2D eigenvalue weighted by atomic mass is 15.3. The highest BCUT2D eigenvalue weighted by Crippen LogP contribution is 2.65. The molecule has 18 heavy (non-hydrogen) atoms. The normalized spacial score (nSPS) is 50.7. The molecular formula is C15H25N3. The van der Waals surface area contributed by atoms with Gasteiger partial charge in [-0.05, 0) is 68.6 Å². The van der Waals surface area contributed by atoms with Crippen LogP contribution in [0.2, 0.25) is 0 Å². The summed E-state index contributed by atoms with van der Waals surface area (Å²) in [5.41, 5.74) is 3.89. The van der Waals surface area contributed by atoms with Gasteiger partial charge in [0.15, 0.2) is 0 Å². The van der Waals surface area contributed by atoms with Crippen LogP contribution in [0.3, 0.4) is 0 Å². The van der Waals surface area contributed by atoms with E-state index < -0.39 is 0 Å². The maximum absolute atomic E-state index is 5.83. The van der Waals surface area contributed by atoms with Gasteiger partial charge in [0.05, 0.1) is 6.04 Å². The molecule has 3 heteroatoms. The highest BCUT2D eigenvalue weighted by Gasteiger charge is 2.57. The van der Waals surface area contributed by atoms with Gasteiger partial charge in [-0.3, -0.25) is 4.99 Å². The predicted octanol–water partition coefficient (Wildman–Crippen LogP) is 2.62. The number of nitrogens with zero attached hydrogens (tertiary/aromatic N) is 1. The van der Waals surface area contributed by atoms with Crippen LogP contribution in [-0.2, 0) is 0 Å².